The summed E-state index contributed by atoms with van der Waals surface area (Å²) >= 11 is 3.23. The summed E-state index contributed by atoms with van der Waals surface area (Å²) in [5, 5.41) is 4.49. The van der Waals surface area contributed by atoms with Gasteiger partial charge in [0.25, 0.3) is 5.56 Å². The quantitative estimate of drug-likeness (QED) is 0.865. The smallest absolute Gasteiger partial charge is 0.268 e. The summed E-state index contributed by atoms with van der Waals surface area (Å²) in [6.45, 7) is 7.25. The molecular formula is C13H17BrN4O. The molecule has 0 saturated heterocycles. The van der Waals surface area contributed by atoms with Crippen molar-refractivity contribution in [1.82, 2.24) is 19.3 Å². The second-order valence-electron chi connectivity index (χ2n) is 4.34. The normalized spacial score (nSPS) is 10.9. The molecule has 0 radical (unpaired) electrons. The van der Waals surface area contributed by atoms with E-state index in [4.69, 9.17) is 0 Å². The molecule has 0 atom stereocenters. The summed E-state index contributed by atoms with van der Waals surface area (Å²) in [5.41, 5.74) is 2.02. The third-order valence-corrected chi connectivity index (χ3v) is 3.64. The van der Waals surface area contributed by atoms with Crippen LogP contribution in [0, 0.1) is 6.92 Å². The van der Waals surface area contributed by atoms with Crippen molar-refractivity contribution in [2.24, 2.45) is 0 Å². The lowest BCUT2D eigenvalue weighted by Crippen LogP contribution is -2.25. The zero-order chi connectivity index (χ0) is 14.0. The van der Waals surface area contributed by atoms with Gasteiger partial charge < -0.3 is 0 Å². The van der Waals surface area contributed by atoms with Crippen LogP contribution in [0.5, 0.6) is 0 Å². The first-order valence-electron chi connectivity index (χ1n) is 6.34. The minimum atomic E-state index is -0.0607. The molecule has 2 rings (SSSR count). The first kappa shape index (κ1) is 14.0. The summed E-state index contributed by atoms with van der Waals surface area (Å²) in [6, 6.07) is 2.05. The van der Waals surface area contributed by atoms with Crippen LogP contribution in [0.15, 0.2) is 21.5 Å². The number of aromatic nitrogens is 4. The largest absolute Gasteiger partial charge is 0.290 e. The van der Waals surface area contributed by atoms with Crippen molar-refractivity contribution in [3.63, 3.8) is 0 Å². The molecule has 2 aromatic heterocycles. The van der Waals surface area contributed by atoms with Gasteiger partial charge in [0.15, 0.2) is 0 Å². The van der Waals surface area contributed by atoms with E-state index in [-0.39, 0.29) is 5.56 Å². The summed E-state index contributed by atoms with van der Waals surface area (Å²) in [4.78, 5) is 16.3. The van der Waals surface area contributed by atoms with E-state index in [9.17, 15) is 4.79 Å². The molecule has 19 heavy (non-hydrogen) atoms. The van der Waals surface area contributed by atoms with E-state index in [2.05, 4.69) is 39.0 Å². The van der Waals surface area contributed by atoms with Gasteiger partial charge in [0.05, 0.1) is 17.9 Å². The predicted molar refractivity (Wildman–Crippen MR) is 77.3 cm³/mol. The Bertz CT molecular complexity index is 645. The van der Waals surface area contributed by atoms with Crippen LogP contribution < -0.4 is 5.56 Å². The molecule has 5 nitrogen and oxygen atoms in total. The van der Waals surface area contributed by atoms with Gasteiger partial charge >= 0.3 is 0 Å². The van der Waals surface area contributed by atoms with E-state index in [0.717, 1.165) is 24.4 Å². The van der Waals surface area contributed by atoms with Crippen LogP contribution in [0.1, 0.15) is 31.1 Å². The SMILES string of the molecule is CCc1cc(Cn2c(C)ncc(Br)c2=O)n(CC)n1. The van der Waals surface area contributed by atoms with E-state index in [1.54, 1.807) is 10.8 Å². The van der Waals surface area contributed by atoms with Crippen molar-refractivity contribution in [2.75, 3.05) is 0 Å². The Morgan fingerprint density at radius 3 is 2.74 bits per heavy atom. The average molecular weight is 325 g/mol. The Labute approximate surface area is 120 Å². The maximum atomic E-state index is 12.1. The van der Waals surface area contributed by atoms with Crippen molar-refractivity contribution in [2.45, 2.75) is 40.3 Å². The molecule has 0 saturated carbocycles. The highest BCUT2D eigenvalue weighted by Gasteiger charge is 2.10. The molecule has 0 spiro atoms. The lowest BCUT2D eigenvalue weighted by molar-refractivity contribution is 0.578. The number of nitrogens with zero attached hydrogens (tertiary/aromatic N) is 4. The lowest BCUT2D eigenvalue weighted by Gasteiger charge is -2.10. The Morgan fingerprint density at radius 1 is 1.37 bits per heavy atom. The van der Waals surface area contributed by atoms with Crippen LogP contribution in [0.3, 0.4) is 0 Å². The third kappa shape index (κ3) is 2.78. The zero-order valence-electron chi connectivity index (χ0n) is 11.4. The van der Waals surface area contributed by atoms with Gasteiger partial charge in [-0.15, -0.1) is 0 Å². The Kier molecular flexibility index (Phi) is 4.19. The molecule has 2 aromatic rings. The highest BCUT2D eigenvalue weighted by atomic mass is 79.9. The van der Waals surface area contributed by atoms with Crippen LogP contribution in [-0.2, 0) is 19.5 Å². The van der Waals surface area contributed by atoms with Gasteiger partial charge in [-0.05, 0) is 42.3 Å². The Balaban J connectivity index is 2.44. The fourth-order valence-electron chi connectivity index (χ4n) is 1.99. The van der Waals surface area contributed by atoms with Gasteiger partial charge in [-0.25, -0.2) is 4.98 Å². The summed E-state index contributed by atoms with van der Waals surface area (Å²) < 4.78 is 4.08. The standard InChI is InChI=1S/C13H17BrN4O/c1-4-10-6-11(18(5-2)16-10)8-17-9(3)15-7-12(14)13(17)19/h6-7H,4-5,8H2,1-3H3. The third-order valence-electron chi connectivity index (χ3n) is 3.10. The van der Waals surface area contributed by atoms with Crippen molar-refractivity contribution in [1.29, 1.82) is 0 Å². The molecule has 0 aliphatic rings. The number of hydrogen-bond acceptors (Lipinski definition) is 3. The summed E-state index contributed by atoms with van der Waals surface area (Å²) in [6.07, 6.45) is 2.44. The van der Waals surface area contributed by atoms with Crippen molar-refractivity contribution in [3.8, 4) is 0 Å². The Morgan fingerprint density at radius 2 is 2.11 bits per heavy atom. The second-order valence-corrected chi connectivity index (χ2v) is 5.20. The van der Waals surface area contributed by atoms with Gasteiger partial charge in [0, 0.05) is 12.7 Å². The molecule has 0 unspecified atom stereocenters. The van der Waals surface area contributed by atoms with Gasteiger partial charge in [0.1, 0.15) is 10.3 Å². The Hall–Kier alpha value is -1.43. The van der Waals surface area contributed by atoms with Crippen molar-refractivity contribution < 1.29 is 0 Å². The number of hydrogen-bond donors (Lipinski definition) is 0. The molecular weight excluding hydrogens is 308 g/mol. The maximum absolute atomic E-state index is 12.1. The molecule has 0 bridgehead atoms. The zero-order valence-corrected chi connectivity index (χ0v) is 12.9. The molecule has 0 aromatic carbocycles. The minimum absolute atomic E-state index is 0.0607. The average Bonchev–Trinajstić information content (AvgIpc) is 2.81. The molecule has 0 fully saturated rings. The lowest BCUT2D eigenvalue weighted by atomic mass is 10.3. The van der Waals surface area contributed by atoms with E-state index < -0.39 is 0 Å². The molecule has 102 valence electrons. The summed E-state index contributed by atoms with van der Waals surface area (Å²) in [5.74, 6) is 0.704. The first-order chi connectivity index (χ1) is 9.06. The monoisotopic (exact) mass is 324 g/mol. The van der Waals surface area contributed by atoms with Crippen molar-refractivity contribution >= 4 is 15.9 Å². The van der Waals surface area contributed by atoms with Gasteiger partial charge in [0.2, 0.25) is 0 Å². The fourth-order valence-corrected chi connectivity index (χ4v) is 2.30. The molecule has 6 heteroatoms. The topological polar surface area (TPSA) is 52.7 Å². The van der Waals surface area contributed by atoms with Gasteiger partial charge in [-0.1, -0.05) is 6.92 Å². The van der Waals surface area contributed by atoms with Gasteiger partial charge in [-0.3, -0.25) is 14.0 Å². The van der Waals surface area contributed by atoms with E-state index in [1.165, 1.54) is 0 Å². The van der Waals surface area contributed by atoms with Crippen LogP contribution in [0.2, 0.25) is 0 Å². The number of rotatable bonds is 4. The fraction of sp³-hybridized carbons (Fsp3) is 0.462. The molecule has 2 heterocycles. The van der Waals surface area contributed by atoms with Crippen molar-refractivity contribution in [3.05, 3.63) is 44.3 Å². The summed E-state index contributed by atoms with van der Waals surface area (Å²) in [7, 11) is 0. The van der Waals surface area contributed by atoms with Crippen LogP contribution in [0.4, 0.5) is 0 Å². The van der Waals surface area contributed by atoms with Crippen LogP contribution >= 0.6 is 15.9 Å². The maximum Gasteiger partial charge on any atom is 0.268 e. The van der Waals surface area contributed by atoms with E-state index >= 15 is 0 Å². The van der Waals surface area contributed by atoms with Crippen LogP contribution in [-0.4, -0.2) is 19.3 Å². The number of halogens is 1. The van der Waals surface area contributed by atoms with E-state index in [1.807, 2.05) is 18.5 Å². The molecule has 0 aliphatic heterocycles. The first-order valence-corrected chi connectivity index (χ1v) is 7.13. The second kappa shape index (κ2) is 5.69. The highest BCUT2D eigenvalue weighted by molar-refractivity contribution is 9.10. The van der Waals surface area contributed by atoms with Gasteiger partial charge in [-0.2, -0.15) is 5.10 Å². The number of aryl methyl sites for hydroxylation is 3. The highest BCUT2D eigenvalue weighted by Crippen LogP contribution is 2.09. The molecule has 0 amide bonds. The predicted octanol–water partition coefficient (Wildman–Crippen LogP) is 2.14. The van der Waals surface area contributed by atoms with E-state index in [0.29, 0.717) is 16.8 Å². The van der Waals surface area contributed by atoms with Crippen LogP contribution in [0.25, 0.3) is 0 Å². The molecule has 0 N–H and O–H groups in total. The minimum Gasteiger partial charge on any atom is -0.290 e. The molecule has 0 aliphatic carbocycles.